The van der Waals surface area contributed by atoms with Gasteiger partial charge in [-0.3, -0.25) is 0 Å². The zero-order chi connectivity index (χ0) is 17.2. The van der Waals surface area contributed by atoms with E-state index in [-0.39, 0.29) is 0 Å². The van der Waals surface area contributed by atoms with E-state index in [0.717, 1.165) is 18.5 Å². The van der Waals surface area contributed by atoms with Crippen molar-refractivity contribution in [2.24, 2.45) is 5.92 Å². The third-order valence-electron chi connectivity index (χ3n) is 4.89. The lowest BCUT2D eigenvalue weighted by Gasteiger charge is -2.12. The Balaban J connectivity index is 1.79. The van der Waals surface area contributed by atoms with Crippen molar-refractivity contribution in [1.82, 2.24) is 9.55 Å². The highest BCUT2D eigenvalue weighted by Crippen LogP contribution is 2.24. The molecular weight excluding hydrogens is 304 g/mol. The van der Waals surface area contributed by atoms with E-state index >= 15 is 0 Å². The Labute approximate surface area is 149 Å². The fourth-order valence-corrected chi connectivity index (χ4v) is 3.51. The number of hydrogen-bond donors (Lipinski definition) is 0. The summed E-state index contributed by atoms with van der Waals surface area (Å²) in [5.41, 5.74) is 3.69. The van der Waals surface area contributed by atoms with Gasteiger partial charge in [0, 0.05) is 13.0 Å². The number of para-hydroxylation sites is 2. The first-order chi connectivity index (χ1) is 12.2. The largest absolute Gasteiger partial charge is 0.328 e. The monoisotopic (exact) mass is 328 g/mol. The van der Waals surface area contributed by atoms with Crippen LogP contribution in [0.15, 0.2) is 66.7 Å². The number of rotatable bonds is 5. The molecule has 4 rings (SSSR count). The quantitative estimate of drug-likeness (QED) is 0.451. The highest BCUT2D eigenvalue weighted by atomic mass is 15.1. The fraction of sp³-hybridized carbons (Fsp3) is 0.261. The second-order valence-electron chi connectivity index (χ2n) is 7.17. The molecule has 126 valence electrons. The van der Waals surface area contributed by atoms with Gasteiger partial charge in [0.15, 0.2) is 0 Å². The van der Waals surface area contributed by atoms with Gasteiger partial charge in [0.25, 0.3) is 0 Å². The number of imidazole rings is 1. The standard InChI is InChI=1S/C23H24N2/c1-17(2)14-15-25-22-13-6-5-12-21(22)24-23(25)16-19-10-7-9-18-8-3-4-11-20(18)19/h3-13,17H,14-16H2,1-2H3. The molecule has 0 saturated heterocycles. The van der Waals surface area contributed by atoms with Crippen LogP contribution in [0.4, 0.5) is 0 Å². The van der Waals surface area contributed by atoms with Gasteiger partial charge in [0.2, 0.25) is 0 Å². The minimum absolute atomic E-state index is 0.687. The molecule has 0 aliphatic rings. The zero-order valence-electron chi connectivity index (χ0n) is 14.9. The van der Waals surface area contributed by atoms with Crippen LogP contribution in [0, 0.1) is 5.92 Å². The summed E-state index contributed by atoms with van der Waals surface area (Å²) in [6.07, 6.45) is 2.04. The van der Waals surface area contributed by atoms with Crippen molar-refractivity contribution in [3.05, 3.63) is 78.1 Å². The van der Waals surface area contributed by atoms with Crippen LogP contribution in [-0.4, -0.2) is 9.55 Å². The van der Waals surface area contributed by atoms with Gasteiger partial charge in [0.05, 0.1) is 11.0 Å². The molecular formula is C23H24N2. The van der Waals surface area contributed by atoms with Gasteiger partial charge in [-0.25, -0.2) is 4.98 Å². The van der Waals surface area contributed by atoms with Crippen molar-refractivity contribution >= 4 is 21.8 Å². The van der Waals surface area contributed by atoms with Crippen molar-refractivity contribution in [1.29, 1.82) is 0 Å². The second kappa shape index (κ2) is 6.72. The summed E-state index contributed by atoms with van der Waals surface area (Å²) in [5.74, 6) is 1.85. The smallest absolute Gasteiger partial charge is 0.114 e. The lowest BCUT2D eigenvalue weighted by molar-refractivity contribution is 0.514. The topological polar surface area (TPSA) is 17.8 Å². The number of aromatic nitrogens is 2. The molecule has 25 heavy (non-hydrogen) atoms. The Bertz CT molecular complexity index is 1010. The van der Waals surface area contributed by atoms with Gasteiger partial charge in [-0.2, -0.15) is 0 Å². The molecule has 0 spiro atoms. The minimum Gasteiger partial charge on any atom is -0.328 e. The van der Waals surface area contributed by atoms with Crippen molar-refractivity contribution in [3.8, 4) is 0 Å². The molecule has 0 aliphatic heterocycles. The number of fused-ring (bicyclic) bond motifs is 2. The normalized spacial score (nSPS) is 11.6. The first-order valence-corrected chi connectivity index (χ1v) is 9.13. The predicted octanol–water partition coefficient (Wildman–Crippen LogP) is 5.83. The summed E-state index contributed by atoms with van der Waals surface area (Å²) in [4.78, 5) is 4.96. The molecule has 3 aromatic carbocycles. The van der Waals surface area contributed by atoms with Crippen LogP contribution >= 0.6 is 0 Å². The Kier molecular flexibility index (Phi) is 4.27. The van der Waals surface area contributed by atoms with Crippen LogP contribution in [0.2, 0.25) is 0 Å². The van der Waals surface area contributed by atoms with E-state index in [4.69, 9.17) is 4.98 Å². The molecule has 0 radical (unpaired) electrons. The lowest BCUT2D eigenvalue weighted by Crippen LogP contribution is -2.07. The van der Waals surface area contributed by atoms with Crippen molar-refractivity contribution in [3.63, 3.8) is 0 Å². The first-order valence-electron chi connectivity index (χ1n) is 9.13. The molecule has 0 amide bonds. The Hall–Kier alpha value is -2.61. The van der Waals surface area contributed by atoms with Crippen molar-refractivity contribution in [2.75, 3.05) is 0 Å². The number of benzene rings is 3. The predicted molar refractivity (Wildman–Crippen MR) is 106 cm³/mol. The molecule has 1 heterocycles. The van der Waals surface area contributed by atoms with Gasteiger partial charge in [0.1, 0.15) is 5.82 Å². The highest BCUT2D eigenvalue weighted by Gasteiger charge is 2.12. The van der Waals surface area contributed by atoms with Gasteiger partial charge < -0.3 is 4.57 Å². The molecule has 0 aliphatic carbocycles. The molecule has 4 aromatic rings. The lowest BCUT2D eigenvalue weighted by atomic mass is 10.0. The van der Waals surface area contributed by atoms with Crippen LogP contribution in [0.3, 0.4) is 0 Å². The third kappa shape index (κ3) is 3.17. The van der Waals surface area contributed by atoms with Gasteiger partial charge in [-0.15, -0.1) is 0 Å². The Morgan fingerprint density at radius 2 is 1.64 bits per heavy atom. The molecule has 0 saturated carbocycles. The van der Waals surface area contributed by atoms with E-state index in [0.29, 0.717) is 5.92 Å². The molecule has 2 heteroatoms. The van der Waals surface area contributed by atoms with Gasteiger partial charge >= 0.3 is 0 Å². The Morgan fingerprint density at radius 1 is 0.880 bits per heavy atom. The summed E-state index contributed by atoms with van der Waals surface area (Å²) in [6.45, 7) is 5.59. The highest BCUT2D eigenvalue weighted by molar-refractivity contribution is 5.86. The maximum Gasteiger partial charge on any atom is 0.114 e. The molecule has 1 aromatic heterocycles. The average Bonchev–Trinajstić information content (AvgIpc) is 2.97. The van der Waals surface area contributed by atoms with Crippen LogP contribution in [0.1, 0.15) is 31.7 Å². The summed E-state index contributed by atoms with van der Waals surface area (Å²) >= 11 is 0. The zero-order valence-corrected chi connectivity index (χ0v) is 14.9. The molecule has 0 bridgehead atoms. The number of aryl methyl sites for hydroxylation is 1. The summed E-state index contributed by atoms with van der Waals surface area (Å²) < 4.78 is 2.41. The Morgan fingerprint density at radius 3 is 2.52 bits per heavy atom. The summed E-state index contributed by atoms with van der Waals surface area (Å²) in [7, 11) is 0. The fourth-order valence-electron chi connectivity index (χ4n) is 3.51. The molecule has 2 nitrogen and oxygen atoms in total. The van der Waals surface area contributed by atoms with E-state index in [1.165, 1.54) is 34.1 Å². The third-order valence-corrected chi connectivity index (χ3v) is 4.89. The van der Waals surface area contributed by atoms with Gasteiger partial charge in [-0.05, 0) is 40.8 Å². The van der Waals surface area contributed by atoms with Gasteiger partial charge in [-0.1, -0.05) is 68.4 Å². The maximum absolute atomic E-state index is 4.96. The van der Waals surface area contributed by atoms with Crippen LogP contribution in [0.25, 0.3) is 21.8 Å². The molecule has 0 fully saturated rings. The van der Waals surface area contributed by atoms with Crippen LogP contribution in [-0.2, 0) is 13.0 Å². The minimum atomic E-state index is 0.687. The average molecular weight is 328 g/mol. The van der Waals surface area contributed by atoms with E-state index in [2.05, 4.69) is 85.1 Å². The van der Waals surface area contributed by atoms with Crippen molar-refractivity contribution in [2.45, 2.75) is 33.2 Å². The van der Waals surface area contributed by atoms with Crippen molar-refractivity contribution < 1.29 is 0 Å². The molecule has 0 atom stereocenters. The summed E-state index contributed by atoms with van der Waals surface area (Å²) in [5, 5.41) is 2.62. The van der Waals surface area contributed by atoms with Crippen LogP contribution in [0.5, 0.6) is 0 Å². The summed E-state index contributed by atoms with van der Waals surface area (Å²) in [6, 6.07) is 23.7. The van der Waals surface area contributed by atoms with E-state index in [1.54, 1.807) is 0 Å². The second-order valence-corrected chi connectivity index (χ2v) is 7.17. The maximum atomic E-state index is 4.96. The SMILES string of the molecule is CC(C)CCn1c(Cc2cccc3ccccc23)nc2ccccc21. The molecule has 0 N–H and O–H groups in total. The van der Waals surface area contributed by atoms with E-state index < -0.39 is 0 Å². The van der Waals surface area contributed by atoms with E-state index in [9.17, 15) is 0 Å². The molecule has 0 unspecified atom stereocenters. The van der Waals surface area contributed by atoms with Crippen LogP contribution < -0.4 is 0 Å². The van der Waals surface area contributed by atoms with E-state index in [1.807, 2.05) is 0 Å². The first kappa shape index (κ1) is 15.9. The number of hydrogen-bond acceptors (Lipinski definition) is 1. The number of nitrogens with zero attached hydrogens (tertiary/aromatic N) is 2.